The van der Waals surface area contributed by atoms with Gasteiger partial charge in [0, 0.05) is 6.54 Å². The van der Waals surface area contributed by atoms with E-state index >= 15 is 0 Å². The zero-order valence-corrected chi connectivity index (χ0v) is 14.0. The summed E-state index contributed by atoms with van der Waals surface area (Å²) >= 11 is 0. The molecule has 0 aliphatic heterocycles. The van der Waals surface area contributed by atoms with Gasteiger partial charge in [0.2, 0.25) is 0 Å². The van der Waals surface area contributed by atoms with E-state index in [1.165, 1.54) is 58.0 Å². The monoisotopic (exact) mass is 280 g/mol. The lowest BCUT2D eigenvalue weighted by atomic mass is 9.53. The molecule has 2 nitrogen and oxygen atoms in total. The van der Waals surface area contributed by atoms with Crippen LogP contribution in [-0.4, -0.2) is 19.6 Å². The van der Waals surface area contributed by atoms with Crippen molar-refractivity contribution in [3.8, 4) is 0 Å². The Morgan fingerprint density at radius 1 is 1.05 bits per heavy atom. The molecular formula is C18H36N2. The first kappa shape index (κ1) is 16.3. The molecule has 0 radical (unpaired) electrons. The van der Waals surface area contributed by atoms with E-state index in [0.29, 0.717) is 5.41 Å². The summed E-state index contributed by atoms with van der Waals surface area (Å²) in [6, 6.07) is 0. The van der Waals surface area contributed by atoms with Crippen LogP contribution < -0.4 is 11.1 Å². The van der Waals surface area contributed by atoms with Gasteiger partial charge in [-0.3, -0.25) is 0 Å². The summed E-state index contributed by atoms with van der Waals surface area (Å²) < 4.78 is 0. The van der Waals surface area contributed by atoms with Crippen molar-refractivity contribution in [2.24, 2.45) is 34.8 Å². The first-order valence-corrected chi connectivity index (χ1v) is 8.97. The van der Waals surface area contributed by atoms with Crippen LogP contribution >= 0.6 is 0 Å². The molecule has 2 rings (SSSR count). The number of hydrogen-bond acceptors (Lipinski definition) is 2. The largest absolute Gasteiger partial charge is 0.330 e. The summed E-state index contributed by atoms with van der Waals surface area (Å²) in [7, 11) is 0. The summed E-state index contributed by atoms with van der Waals surface area (Å²) in [6.07, 6.45) is 9.62. The molecule has 5 unspecified atom stereocenters. The van der Waals surface area contributed by atoms with Crippen LogP contribution in [0.4, 0.5) is 0 Å². The average Bonchev–Trinajstić information content (AvgIpc) is 2.40. The molecule has 2 bridgehead atoms. The van der Waals surface area contributed by atoms with Crippen LogP contribution in [0.1, 0.15) is 65.7 Å². The van der Waals surface area contributed by atoms with Crippen molar-refractivity contribution in [3.63, 3.8) is 0 Å². The van der Waals surface area contributed by atoms with Gasteiger partial charge in [0.1, 0.15) is 0 Å². The maximum atomic E-state index is 5.55. The van der Waals surface area contributed by atoms with Crippen molar-refractivity contribution >= 4 is 0 Å². The first-order valence-electron chi connectivity index (χ1n) is 8.97. The van der Waals surface area contributed by atoms with Crippen molar-refractivity contribution in [1.82, 2.24) is 5.32 Å². The van der Waals surface area contributed by atoms with E-state index in [1.807, 2.05) is 0 Å². The predicted molar refractivity (Wildman–Crippen MR) is 87.7 cm³/mol. The number of hydrogen-bond donors (Lipinski definition) is 2. The zero-order chi connectivity index (χ0) is 14.6. The van der Waals surface area contributed by atoms with Crippen LogP contribution in [-0.2, 0) is 0 Å². The van der Waals surface area contributed by atoms with Gasteiger partial charge < -0.3 is 11.1 Å². The Hall–Kier alpha value is -0.0800. The SMILES string of the molecule is CC1CC2CC(CNCCCCCN)(C1)CC(C)C2C. The zero-order valence-electron chi connectivity index (χ0n) is 14.0. The van der Waals surface area contributed by atoms with Gasteiger partial charge in [0.25, 0.3) is 0 Å². The van der Waals surface area contributed by atoms with Crippen molar-refractivity contribution in [1.29, 1.82) is 0 Å². The number of fused-ring (bicyclic) bond motifs is 2. The van der Waals surface area contributed by atoms with Crippen LogP contribution in [0.3, 0.4) is 0 Å². The lowest BCUT2D eigenvalue weighted by Gasteiger charge is -2.53. The first-order chi connectivity index (χ1) is 9.56. The minimum absolute atomic E-state index is 0.613. The van der Waals surface area contributed by atoms with Crippen molar-refractivity contribution < 1.29 is 0 Å². The molecule has 0 aromatic rings. The fourth-order valence-corrected chi connectivity index (χ4v) is 5.10. The van der Waals surface area contributed by atoms with Crippen LogP contribution in [0.2, 0.25) is 0 Å². The van der Waals surface area contributed by atoms with Crippen LogP contribution in [0, 0.1) is 29.1 Å². The van der Waals surface area contributed by atoms with Crippen LogP contribution in [0.5, 0.6) is 0 Å². The lowest BCUT2D eigenvalue weighted by molar-refractivity contribution is -0.0186. The molecule has 2 aliphatic carbocycles. The molecule has 2 aliphatic rings. The third kappa shape index (κ3) is 3.98. The van der Waals surface area contributed by atoms with Gasteiger partial charge in [-0.15, -0.1) is 0 Å². The molecule has 0 amide bonds. The normalized spacial score (nSPS) is 40.8. The number of unbranched alkanes of at least 4 members (excludes halogenated alkanes) is 2. The Morgan fingerprint density at radius 2 is 1.85 bits per heavy atom. The second kappa shape index (κ2) is 7.26. The fourth-order valence-electron chi connectivity index (χ4n) is 5.10. The standard InChI is InChI=1S/C18H36N2/c1-14-9-17-12-18(10-14,11-15(2)16(17)3)13-20-8-6-4-5-7-19/h14-17,20H,4-13,19H2,1-3H3. The molecular weight excluding hydrogens is 244 g/mol. The lowest BCUT2D eigenvalue weighted by Crippen LogP contribution is -2.48. The summed E-state index contributed by atoms with van der Waals surface area (Å²) in [5.74, 6) is 3.78. The average molecular weight is 280 g/mol. The highest BCUT2D eigenvalue weighted by Gasteiger charge is 2.46. The molecule has 0 saturated heterocycles. The smallest absolute Gasteiger partial charge is 0.000811 e. The van der Waals surface area contributed by atoms with Crippen molar-refractivity contribution in [2.75, 3.05) is 19.6 Å². The van der Waals surface area contributed by atoms with E-state index in [-0.39, 0.29) is 0 Å². The van der Waals surface area contributed by atoms with Gasteiger partial charge in [0.15, 0.2) is 0 Å². The molecule has 2 heteroatoms. The molecule has 5 atom stereocenters. The van der Waals surface area contributed by atoms with E-state index in [4.69, 9.17) is 5.73 Å². The summed E-state index contributed by atoms with van der Waals surface area (Å²) in [4.78, 5) is 0. The van der Waals surface area contributed by atoms with E-state index in [2.05, 4.69) is 26.1 Å². The second-order valence-electron chi connectivity index (χ2n) is 8.08. The van der Waals surface area contributed by atoms with E-state index < -0.39 is 0 Å². The predicted octanol–water partition coefficient (Wildman–Crippen LogP) is 3.80. The minimum Gasteiger partial charge on any atom is -0.330 e. The summed E-state index contributed by atoms with van der Waals surface area (Å²) in [5, 5.41) is 3.78. The maximum absolute atomic E-state index is 5.55. The van der Waals surface area contributed by atoms with Crippen molar-refractivity contribution in [2.45, 2.75) is 65.7 Å². The highest BCUT2D eigenvalue weighted by molar-refractivity contribution is 4.98. The van der Waals surface area contributed by atoms with Crippen LogP contribution in [0.15, 0.2) is 0 Å². The Labute approximate surface area is 126 Å². The Kier molecular flexibility index (Phi) is 5.92. The molecule has 0 aromatic heterocycles. The number of rotatable bonds is 7. The Morgan fingerprint density at radius 3 is 2.60 bits per heavy atom. The van der Waals surface area contributed by atoms with E-state index in [1.54, 1.807) is 0 Å². The third-order valence-corrected chi connectivity index (χ3v) is 6.14. The topological polar surface area (TPSA) is 38.0 Å². The molecule has 2 saturated carbocycles. The van der Waals surface area contributed by atoms with Gasteiger partial charge in [0.05, 0.1) is 0 Å². The summed E-state index contributed by atoms with van der Waals surface area (Å²) in [6.45, 7) is 10.8. The second-order valence-corrected chi connectivity index (χ2v) is 8.08. The maximum Gasteiger partial charge on any atom is 0.000811 e. The third-order valence-electron chi connectivity index (χ3n) is 6.14. The fraction of sp³-hybridized carbons (Fsp3) is 1.00. The Balaban J connectivity index is 1.81. The highest BCUT2D eigenvalue weighted by Crippen LogP contribution is 2.54. The molecule has 0 aromatic carbocycles. The van der Waals surface area contributed by atoms with E-state index in [0.717, 1.165) is 30.2 Å². The van der Waals surface area contributed by atoms with Gasteiger partial charge in [-0.05, 0) is 80.7 Å². The Bertz CT molecular complexity index is 287. The molecule has 3 N–H and O–H groups in total. The van der Waals surface area contributed by atoms with Gasteiger partial charge >= 0.3 is 0 Å². The summed E-state index contributed by atoms with van der Waals surface area (Å²) in [5.41, 5.74) is 6.16. The van der Waals surface area contributed by atoms with Gasteiger partial charge in [-0.2, -0.15) is 0 Å². The van der Waals surface area contributed by atoms with Gasteiger partial charge in [-0.25, -0.2) is 0 Å². The van der Waals surface area contributed by atoms with E-state index in [9.17, 15) is 0 Å². The van der Waals surface area contributed by atoms with Gasteiger partial charge in [-0.1, -0.05) is 27.2 Å². The molecule has 2 fully saturated rings. The van der Waals surface area contributed by atoms with Crippen LogP contribution in [0.25, 0.3) is 0 Å². The molecule has 20 heavy (non-hydrogen) atoms. The number of nitrogens with two attached hydrogens (primary N) is 1. The minimum atomic E-state index is 0.613. The van der Waals surface area contributed by atoms with Crippen molar-refractivity contribution in [3.05, 3.63) is 0 Å². The molecule has 0 spiro atoms. The number of nitrogens with one attached hydrogen (secondary N) is 1. The highest BCUT2D eigenvalue weighted by atomic mass is 14.9. The molecule has 118 valence electrons. The molecule has 0 heterocycles. The quantitative estimate of drug-likeness (QED) is 0.696.